The smallest absolute Gasteiger partial charge is 0.0943 e. The van der Waals surface area contributed by atoms with E-state index >= 15 is 0 Å². The lowest BCUT2D eigenvalue weighted by molar-refractivity contribution is 0.549. The van der Waals surface area contributed by atoms with Crippen LogP contribution in [0, 0.1) is 6.92 Å². The molecule has 0 saturated carbocycles. The number of thiazole rings is 1. The topological polar surface area (TPSA) is 38.9 Å². The third kappa shape index (κ3) is 5.42. The number of aromatic nitrogens is 1. The van der Waals surface area contributed by atoms with Crippen LogP contribution in [0.1, 0.15) is 42.8 Å². The third-order valence-corrected chi connectivity index (χ3v) is 3.58. The molecule has 1 rings (SSSR count). The van der Waals surface area contributed by atoms with E-state index in [9.17, 15) is 0 Å². The van der Waals surface area contributed by atoms with Crippen LogP contribution >= 0.6 is 11.3 Å². The summed E-state index contributed by atoms with van der Waals surface area (Å²) in [7, 11) is 0. The van der Waals surface area contributed by atoms with Gasteiger partial charge in [-0.15, -0.1) is 17.9 Å². The Balaban J connectivity index is 2.11. The van der Waals surface area contributed by atoms with Gasteiger partial charge in [-0.1, -0.05) is 18.9 Å². The standard InChI is InChI=1S/C13H22N2S/c1-3-4-5-6-7-8-12(14)9-13-15-11(2)10-16-13/h3,10,12H,1,4-9,14H2,2H3. The highest BCUT2D eigenvalue weighted by Gasteiger charge is 2.06. The predicted molar refractivity (Wildman–Crippen MR) is 71.8 cm³/mol. The highest BCUT2D eigenvalue weighted by atomic mass is 32.1. The Morgan fingerprint density at radius 2 is 2.31 bits per heavy atom. The molecule has 0 saturated heterocycles. The molecule has 2 nitrogen and oxygen atoms in total. The average molecular weight is 238 g/mol. The second-order valence-electron chi connectivity index (χ2n) is 4.27. The van der Waals surface area contributed by atoms with E-state index < -0.39 is 0 Å². The SMILES string of the molecule is C=CCCCCCC(N)Cc1nc(C)cs1. The van der Waals surface area contributed by atoms with Gasteiger partial charge >= 0.3 is 0 Å². The van der Waals surface area contributed by atoms with Gasteiger partial charge in [0.1, 0.15) is 0 Å². The van der Waals surface area contributed by atoms with Gasteiger partial charge in [0.25, 0.3) is 0 Å². The van der Waals surface area contributed by atoms with Crippen molar-refractivity contribution < 1.29 is 0 Å². The minimum atomic E-state index is 0.272. The van der Waals surface area contributed by atoms with Crippen molar-refractivity contribution in [2.45, 2.75) is 51.5 Å². The van der Waals surface area contributed by atoms with Crippen LogP contribution in [0.15, 0.2) is 18.0 Å². The summed E-state index contributed by atoms with van der Waals surface area (Å²) >= 11 is 1.72. The quantitative estimate of drug-likeness (QED) is 0.556. The van der Waals surface area contributed by atoms with E-state index in [1.165, 1.54) is 24.3 Å². The molecule has 0 spiro atoms. The highest BCUT2D eigenvalue weighted by molar-refractivity contribution is 7.09. The Hall–Kier alpha value is -0.670. The van der Waals surface area contributed by atoms with Gasteiger partial charge in [0, 0.05) is 23.5 Å². The number of allylic oxidation sites excluding steroid dienone is 1. The van der Waals surface area contributed by atoms with E-state index in [0.29, 0.717) is 0 Å². The maximum atomic E-state index is 6.08. The lowest BCUT2D eigenvalue weighted by Gasteiger charge is -2.08. The van der Waals surface area contributed by atoms with Gasteiger partial charge in [-0.25, -0.2) is 4.98 Å². The second kappa shape index (κ2) is 7.58. The molecule has 1 aromatic heterocycles. The summed E-state index contributed by atoms with van der Waals surface area (Å²) in [5, 5.41) is 3.27. The first kappa shape index (κ1) is 13.4. The number of aryl methyl sites for hydroxylation is 1. The molecule has 90 valence electrons. The van der Waals surface area contributed by atoms with Crippen LogP contribution in [-0.4, -0.2) is 11.0 Å². The summed E-state index contributed by atoms with van der Waals surface area (Å²) in [6.45, 7) is 5.75. The summed E-state index contributed by atoms with van der Waals surface area (Å²) in [5.41, 5.74) is 7.19. The van der Waals surface area contributed by atoms with Crippen molar-refractivity contribution in [3.05, 3.63) is 28.7 Å². The zero-order valence-electron chi connectivity index (χ0n) is 10.1. The summed E-state index contributed by atoms with van der Waals surface area (Å²) in [4.78, 5) is 4.43. The number of rotatable bonds is 8. The Kier molecular flexibility index (Phi) is 6.34. The lowest BCUT2D eigenvalue weighted by Crippen LogP contribution is -2.22. The third-order valence-electron chi connectivity index (χ3n) is 2.59. The molecule has 0 aliphatic carbocycles. The van der Waals surface area contributed by atoms with E-state index in [1.54, 1.807) is 11.3 Å². The molecule has 1 unspecified atom stereocenters. The molecule has 1 aromatic rings. The molecule has 3 heteroatoms. The van der Waals surface area contributed by atoms with Crippen molar-refractivity contribution >= 4 is 11.3 Å². The van der Waals surface area contributed by atoms with Gasteiger partial charge in [-0.3, -0.25) is 0 Å². The van der Waals surface area contributed by atoms with Crippen molar-refractivity contribution in [2.75, 3.05) is 0 Å². The van der Waals surface area contributed by atoms with Crippen LogP contribution in [0.25, 0.3) is 0 Å². The fraction of sp³-hybridized carbons (Fsp3) is 0.615. The fourth-order valence-electron chi connectivity index (χ4n) is 1.69. The average Bonchev–Trinajstić information content (AvgIpc) is 2.63. The first-order valence-corrected chi connectivity index (χ1v) is 6.88. The molecule has 1 atom stereocenters. The summed E-state index contributed by atoms with van der Waals surface area (Å²) in [6.07, 6.45) is 8.87. The summed E-state index contributed by atoms with van der Waals surface area (Å²) in [6, 6.07) is 0.272. The summed E-state index contributed by atoms with van der Waals surface area (Å²) in [5.74, 6) is 0. The zero-order valence-corrected chi connectivity index (χ0v) is 10.9. The van der Waals surface area contributed by atoms with Gasteiger partial charge in [-0.2, -0.15) is 0 Å². The summed E-state index contributed by atoms with van der Waals surface area (Å²) < 4.78 is 0. The van der Waals surface area contributed by atoms with Crippen LogP contribution in [0.3, 0.4) is 0 Å². The van der Waals surface area contributed by atoms with Crippen LogP contribution in [-0.2, 0) is 6.42 Å². The largest absolute Gasteiger partial charge is 0.327 e. The van der Waals surface area contributed by atoms with Crippen LogP contribution in [0.2, 0.25) is 0 Å². The molecule has 0 bridgehead atoms. The predicted octanol–water partition coefficient (Wildman–Crippen LogP) is 3.46. The van der Waals surface area contributed by atoms with E-state index in [4.69, 9.17) is 5.73 Å². The molecule has 0 aliphatic heterocycles. The molecule has 0 radical (unpaired) electrons. The Bertz CT molecular complexity index is 307. The highest BCUT2D eigenvalue weighted by Crippen LogP contribution is 2.13. The van der Waals surface area contributed by atoms with Gasteiger partial charge in [0.05, 0.1) is 5.01 Å². The first-order chi connectivity index (χ1) is 7.72. The Labute approximate surface area is 103 Å². The molecular formula is C13H22N2S. The van der Waals surface area contributed by atoms with Crippen LogP contribution < -0.4 is 5.73 Å². The van der Waals surface area contributed by atoms with Crippen molar-refractivity contribution in [3.8, 4) is 0 Å². The van der Waals surface area contributed by atoms with Crippen molar-refractivity contribution in [1.29, 1.82) is 0 Å². The molecular weight excluding hydrogens is 216 g/mol. The molecule has 16 heavy (non-hydrogen) atoms. The Morgan fingerprint density at radius 3 is 2.94 bits per heavy atom. The van der Waals surface area contributed by atoms with Gasteiger partial charge in [0.2, 0.25) is 0 Å². The van der Waals surface area contributed by atoms with Crippen LogP contribution in [0.4, 0.5) is 0 Å². The maximum absolute atomic E-state index is 6.08. The molecule has 0 aromatic carbocycles. The molecule has 2 N–H and O–H groups in total. The molecule has 0 aliphatic rings. The number of unbranched alkanes of at least 4 members (excludes halogenated alkanes) is 3. The zero-order chi connectivity index (χ0) is 11.8. The minimum absolute atomic E-state index is 0.272. The molecule has 0 fully saturated rings. The van der Waals surface area contributed by atoms with Crippen molar-refractivity contribution in [3.63, 3.8) is 0 Å². The fourth-order valence-corrected chi connectivity index (χ4v) is 2.56. The number of hydrogen-bond acceptors (Lipinski definition) is 3. The van der Waals surface area contributed by atoms with Gasteiger partial charge < -0.3 is 5.73 Å². The van der Waals surface area contributed by atoms with Crippen LogP contribution in [0.5, 0.6) is 0 Å². The molecule has 1 heterocycles. The van der Waals surface area contributed by atoms with Gasteiger partial charge in [-0.05, 0) is 26.2 Å². The second-order valence-corrected chi connectivity index (χ2v) is 5.22. The maximum Gasteiger partial charge on any atom is 0.0943 e. The van der Waals surface area contributed by atoms with Crippen molar-refractivity contribution in [2.24, 2.45) is 5.73 Å². The van der Waals surface area contributed by atoms with E-state index in [0.717, 1.165) is 25.0 Å². The number of nitrogens with two attached hydrogens (primary N) is 1. The number of hydrogen-bond donors (Lipinski definition) is 1. The first-order valence-electron chi connectivity index (χ1n) is 6.00. The van der Waals surface area contributed by atoms with E-state index in [2.05, 4.69) is 16.9 Å². The van der Waals surface area contributed by atoms with Gasteiger partial charge in [0.15, 0.2) is 0 Å². The van der Waals surface area contributed by atoms with E-state index in [-0.39, 0.29) is 6.04 Å². The lowest BCUT2D eigenvalue weighted by atomic mass is 10.1. The minimum Gasteiger partial charge on any atom is -0.327 e. The normalized spacial score (nSPS) is 12.6. The number of nitrogens with zero attached hydrogens (tertiary/aromatic N) is 1. The Morgan fingerprint density at radius 1 is 1.50 bits per heavy atom. The monoisotopic (exact) mass is 238 g/mol. The van der Waals surface area contributed by atoms with E-state index in [1.807, 2.05) is 13.0 Å². The van der Waals surface area contributed by atoms with Crippen molar-refractivity contribution in [1.82, 2.24) is 4.98 Å². The molecule has 0 amide bonds.